The van der Waals surface area contributed by atoms with Crippen molar-refractivity contribution in [3.63, 3.8) is 0 Å². The van der Waals surface area contributed by atoms with Crippen molar-refractivity contribution in [2.24, 2.45) is 34.5 Å². The van der Waals surface area contributed by atoms with Gasteiger partial charge in [-0.2, -0.15) is 0 Å². The minimum Gasteiger partial charge on any atom is -0.458 e. The first-order valence-electron chi connectivity index (χ1n) is 14.9. The highest BCUT2D eigenvalue weighted by Gasteiger charge is 2.68. The van der Waals surface area contributed by atoms with Crippen LogP contribution in [0.4, 0.5) is 0 Å². The fraction of sp³-hybridized carbons (Fsp3) is 0.812. The molecular formula is C32H48Br2O3. The van der Waals surface area contributed by atoms with Crippen LogP contribution in [0.3, 0.4) is 0 Å². The highest BCUT2D eigenvalue weighted by atomic mass is 79.9. The molecule has 1 aliphatic heterocycles. The Morgan fingerprint density at radius 2 is 1.73 bits per heavy atom. The Morgan fingerprint density at radius 1 is 0.973 bits per heavy atom. The van der Waals surface area contributed by atoms with Crippen LogP contribution in [-0.2, 0) is 14.3 Å². The van der Waals surface area contributed by atoms with Crippen molar-refractivity contribution < 1.29 is 14.3 Å². The summed E-state index contributed by atoms with van der Waals surface area (Å²) in [5.41, 5.74) is 1.61. The number of hydrogen-bond acceptors (Lipinski definition) is 3. The number of carbonyl (C=O) groups is 2. The minimum atomic E-state index is -0.195. The molecule has 7 atom stereocenters. The molecule has 1 heterocycles. The molecule has 0 radical (unpaired) electrons. The van der Waals surface area contributed by atoms with E-state index in [4.69, 9.17) is 4.74 Å². The smallest absolute Gasteiger partial charge is 0.306 e. The normalized spacial score (nSPS) is 40.2. The molecule has 3 nitrogen and oxygen atoms in total. The van der Waals surface area contributed by atoms with Crippen LogP contribution in [0.5, 0.6) is 0 Å². The number of fused-ring (bicyclic) bond motifs is 6. The van der Waals surface area contributed by atoms with Crippen LogP contribution in [0.25, 0.3) is 0 Å². The summed E-state index contributed by atoms with van der Waals surface area (Å²) in [6, 6.07) is 0. The van der Waals surface area contributed by atoms with Crippen LogP contribution in [-0.4, -0.2) is 28.0 Å². The third-order valence-corrected chi connectivity index (χ3v) is 12.3. The van der Waals surface area contributed by atoms with Gasteiger partial charge in [0.05, 0.1) is 0 Å². The maximum Gasteiger partial charge on any atom is 0.306 e. The molecule has 4 fully saturated rings. The van der Waals surface area contributed by atoms with Crippen LogP contribution in [0.1, 0.15) is 110 Å². The van der Waals surface area contributed by atoms with E-state index in [1.165, 1.54) is 56.9 Å². The van der Waals surface area contributed by atoms with Crippen molar-refractivity contribution in [2.75, 3.05) is 10.7 Å². The Labute approximate surface area is 242 Å². The number of halogens is 2. The molecule has 208 valence electrons. The number of rotatable bonds is 8. The maximum absolute atomic E-state index is 12.3. The standard InChI is InChI=1S/C27H39BrO3.C5H9Br/c1-25-11-7-20(29)17-19(25)16-18(6-4-3-5-15-28)24-21(25)8-12-26(2)22(24)9-13-27(26)14-10-23(30)31-27;1-2-3-4-5-6/h17-18,21-22,24H,3-16H2,1-2H3;2H,1,3-5H2/t18-,21+,22+,24-,25+,26+,27-;/m1./s1. The quantitative estimate of drug-likeness (QED) is 0.115. The van der Waals surface area contributed by atoms with Gasteiger partial charge in [0.2, 0.25) is 0 Å². The van der Waals surface area contributed by atoms with Crippen molar-refractivity contribution in [2.45, 2.75) is 116 Å². The second-order valence-corrected chi connectivity index (χ2v) is 14.5. The molecule has 5 rings (SSSR count). The van der Waals surface area contributed by atoms with E-state index in [1.54, 1.807) is 0 Å². The lowest BCUT2D eigenvalue weighted by Gasteiger charge is -2.61. The van der Waals surface area contributed by atoms with E-state index < -0.39 is 0 Å². The summed E-state index contributed by atoms with van der Waals surface area (Å²) in [7, 11) is 0. The molecule has 0 bridgehead atoms. The van der Waals surface area contributed by atoms with Gasteiger partial charge < -0.3 is 4.74 Å². The summed E-state index contributed by atoms with van der Waals surface area (Å²) >= 11 is 6.89. The SMILES string of the molecule is C=CCCCBr.C[C@]12CCC(=O)C=C1C[C@@H](CCCCCBr)[C@@H]1[C@@H]2CC[C@@]2(C)[C@H]1CC[C@@]21CCC(=O)O1. The molecule has 5 heteroatoms. The van der Waals surface area contributed by atoms with Crippen LogP contribution in [0, 0.1) is 34.5 Å². The molecule has 5 aliphatic rings. The van der Waals surface area contributed by atoms with Gasteiger partial charge in [-0.25, -0.2) is 0 Å². The number of alkyl halides is 2. The number of carbonyl (C=O) groups excluding carboxylic acids is 2. The Hall–Kier alpha value is -0.420. The van der Waals surface area contributed by atoms with Gasteiger partial charge in [0.1, 0.15) is 5.60 Å². The van der Waals surface area contributed by atoms with Crippen molar-refractivity contribution in [1.82, 2.24) is 0 Å². The van der Waals surface area contributed by atoms with Gasteiger partial charge >= 0.3 is 5.97 Å². The topological polar surface area (TPSA) is 43.4 Å². The summed E-state index contributed by atoms with van der Waals surface area (Å²) in [4.78, 5) is 24.5. The zero-order valence-corrected chi connectivity index (χ0v) is 26.3. The van der Waals surface area contributed by atoms with Crippen molar-refractivity contribution in [3.8, 4) is 0 Å². The van der Waals surface area contributed by atoms with E-state index in [0.29, 0.717) is 30.0 Å². The predicted molar refractivity (Wildman–Crippen MR) is 159 cm³/mol. The Morgan fingerprint density at radius 3 is 2.38 bits per heavy atom. The highest BCUT2D eigenvalue weighted by Crippen LogP contribution is 2.71. The number of hydrogen-bond donors (Lipinski definition) is 0. The Balaban J connectivity index is 0.000000480. The van der Waals surface area contributed by atoms with E-state index in [2.05, 4.69) is 52.3 Å². The van der Waals surface area contributed by atoms with E-state index >= 15 is 0 Å². The van der Waals surface area contributed by atoms with Crippen LogP contribution in [0.15, 0.2) is 24.3 Å². The molecular weight excluding hydrogens is 592 g/mol. The Kier molecular flexibility index (Phi) is 9.91. The number of unbranched alkanes of at least 4 members (excludes halogenated alkanes) is 3. The van der Waals surface area contributed by atoms with E-state index in [-0.39, 0.29) is 22.4 Å². The molecule has 0 unspecified atom stereocenters. The number of allylic oxidation sites excluding steroid dienone is 2. The molecule has 0 aromatic rings. The first kappa shape index (κ1) is 29.6. The minimum absolute atomic E-state index is 0.0296. The molecule has 3 saturated carbocycles. The third-order valence-electron chi connectivity index (χ3n) is 11.2. The maximum atomic E-state index is 12.3. The van der Waals surface area contributed by atoms with Gasteiger partial charge in [0.25, 0.3) is 0 Å². The number of esters is 1. The van der Waals surface area contributed by atoms with Gasteiger partial charge in [-0.1, -0.05) is 70.2 Å². The molecule has 0 aromatic carbocycles. The average Bonchev–Trinajstić information content (AvgIpc) is 3.41. The monoisotopic (exact) mass is 638 g/mol. The number of ketones is 1. The fourth-order valence-corrected chi connectivity index (χ4v) is 9.91. The molecule has 0 amide bonds. The summed E-state index contributed by atoms with van der Waals surface area (Å²) in [5.74, 6) is 3.13. The van der Waals surface area contributed by atoms with Crippen LogP contribution >= 0.6 is 31.9 Å². The van der Waals surface area contributed by atoms with Gasteiger partial charge in [0, 0.05) is 28.9 Å². The molecule has 37 heavy (non-hydrogen) atoms. The van der Waals surface area contributed by atoms with Gasteiger partial charge in [-0.3, -0.25) is 9.59 Å². The Bertz CT molecular complexity index is 883. The zero-order valence-electron chi connectivity index (χ0n) is 23.2. The lowest BCUT2D eigenvalue weighted by molar-refractivity contribution is -0.171. The van der Waals surface area contributed by atoms with Gasteiger partial charge in [0.15, 0.2) is 5.78 Å². The molecule has 4 aliphatic carbocycles. The molecule has 0 N–H and O–H groups in total. The van der Waals surface area contributed by atoms with Crippen molar-refractivity contribution >= 4 is 43.6 Å². The highest BCUT2D eigenvalue weighted by molar-refractivity contribution is 9.09. The predicted octanol–water partition coefficient (Wildman–Crippen LogP) is 9.12. The first-order chi connectivity index (χ1) is 17.7. The molecule has 0 aromatic heterocycles. The summed E-state index contributed by atoms with van der Waals surface area (Å²) < 4.78 is 6.16. The van der Waals surface area contributed by atoms with Gasteiger partial charge in [-0.05, 0) is 106 Å². The van der Waals surface area contributed by atoms with E-state index in [0.717, 1.165) is 55.1 Å². The van der Waals surface area contributed by atoms with Crippen LogP contribution in [0.2, 0.25) is 0 Å². The fourth-order valence-electron chi connectivity index (χ4n) is 9.19. The van der Waals surface area contributed by atoms with E-state index in [1.807, 2.05) is 12.2 Å². The lowest BCUT2D eigenvalue weighted by atomic mass is 9.43. The number of ether oxygens (including phenoxy) is 1. The average molecular weight is 641 g/mol. The summed E-state index contributed by atoms with van der Waals surface area (Å²) in [6.07, 6.45) is 20.6. The lowest BCUT2D eigenvalue weighted by Crippen LogP contribution is -2.57. The third kappa shape index (κ3) is 5.61. The second kappa shape index (κ2) is 12.4. The zero-order chi connectivity index (χ0) is 26.7. The summed E-state index contributed by atoms with van der Waals surface area (Å²) in [6.45, 7) is 8.53. The molecule has 1 spiro atoms. The van der Waals surface area contributed by atoms with Gasteiger partial charge in [-0.15, -0.1) is 6.58 Å². The first-order valence-corrected chi connectivity index (χ1v) is 17.2. The summed E-state index contributed by atoms with van der Waals surface area (Å²) in [5, 5.41) is 2.19. The molecule has 1 saturated heterocycles. The van der Waals surface area contributed by atoms with Crippen molar-refractivity contribution in [3.05, 3.63) is 24.3 Å². The second-order valence-electron chi connectivity index (χ2n) is 12.9. The largest absolute Gasteiger partial charge is 0.458 e. The van der Waals surface area contributed by atoms with E-state index in [9.17, 15) is 9.59 Å². The van der Waals surface area contributed by atoms with Crippen molar-refractivity contribution in [1.29, 1.82) is 0 Å². The van der Waals surface area contributed by atoms with Crippen LogP contribution < -0.4 is 0 Å².